The Hall–Kier alpha value is -1.55. The van der Waals surface area contributed by atoms with E-state index in [4.69, 9.17) is 10.5 Å². The van der Waals surface area contributed by atoms with Gasteiger partial charge in [-0.3, -0.25) is 4.79 Å². The van der Waals surface area contributed by atoms with Gasteiger partial charge in [-0.1, -0.05) is 31.0 Å². The van der Waals surface area contributed by atoms with E-state index in [0.717, 1.165) is 38.0 Å². The third kappa shape index (κ3) is 7.14. The van der Waals surface area contributed by atoms with Crippen LogP contribution >= 0.6 is 0 Å². The van der Waals surface area contributed by atoms with Crippen molar-refractivity contribution in [1.82, 2.24) is 4.90 Å². The molecule has 0 saturated heterocycles. The Morgan fingerprint density at radius 2 is 1.85 bits per heavy atom. The van der Waals surface area contributed by atoms with Gasteiger partial charge in [0.05, 0.1) is 6.54 Å². The van der Waals surface area contributed by atoms with E-state index in [1.165, 1.54) is 0 Å². The van der Waals surface area contributed by atoms with Crippen LogP contribution in [0.2, 0.25) is 0 Å². The Morgan fingerprint density at radius 3 is 2.55 bits per heavy atom. The zero-order valence-corrected chi connectivity index (χ0v) is 12.4. The number of nitrogens with zero attached hydrogens (tertiary/aromatic N) is 1. The first-order valence-electron chi connectivity index (χ1n) is 7.36. The van der Waals surface area contributed by atoms with Crippen molar-refractivity contribution in [2.45, 2.75) is 32.1 Å². The molecule has 1 aromatic rings. The van der Waals surface area contributed by atoms with Crippen molar-refractivity contribution in [2.75, 3.05) is 26.7 Å². The molecule has 0 aliphatic rings. The monoisotopic (exact) mass is 278 g/mol. The maximum Gasteiger partial charge on any atom is 0.222 e. The van der Waals surface area contributed by atoms with Crippen LogP contribution in [0.25, 0.3) is 0 Å². The van der Waals surface area contributed by atoms with Gasteiger partial charge in [-0.15, -0.1) is 0 Å². The standard InChI is InChI=1S/C16H26N2O2/c1-18(16(19)11-7-2-3-8-12-17)13-14-20-15-9-5-4-6-10-15/h4-6,9-10H,2-3,7-8,11-14,17H2,1H3. The van der Waals surface area contributed by atoms with Crippen LogP contribution in [0.15, 0.2) is 30.3 Å². The highest BCUT2D eigenvalue weighted by Gasteiger charge is 2.07. The molecule has 2 N–H and O–H groups in total. The van der Waals surface area contributed by atoms with Crippen molar-refractivity contribution in [3.8, 4) is 5.75 Å². The number of benzene rings is 1. The van der Waals surface area contributed by atoms with Gasteiger partial charge in [-0.2, -0.15) is 0 Å². The fourth-order valence-electron chi connectivity index (χ4n) is 1.91. The molecule has 0 bridgehead atoms. The van der Waals surface area contributed by atoms with Crippen LogP contribution in [0.4, 0.5) is 0 Å². The van der Waals surface area contributed by atoms with Gasteiger partial charge in [0.25, 0.3) is 0 Å². The summed E-state index contributed by atoms with van der Waals surface area (Å²) in [5.74, 6) is 1.03. The largest absolute Gasteiger partial charge is 0.492 e. The van der Waals surface area contributed by atoms with Crippen molar-refractivity contribution in [2.24, 2.45) is 5.73 Å². The van der Waals surface area contributed by atoms with Crippen molar-refractivity contribution < 1.29 is 9.53 Å². The van der Waals surface area contributed by atoms with Crippen LogP contribution in [-0.2, 0) is 4.79 Å². The number of unbranched alkanes of at least 4 members (excludes halogenated alkanes) is 3. The molecule has 0 radical (unpaired) electrons. The number of rotatable bonds is 10. The second-order valence-electron chi connectivity index (χ2n) is 4.93. The average Bonchev–Trinajstić information content (AvgIpc) is 2.47. The van der Waals surface area contributed by atoms with Crippen LogP contribution in [0.5, 0.6) is 5.75 Å². The number of hydrogen-bond acceptors (Lipinski definition) is 3. The molecule has 1 amide bonds. The van der Waals surface area contributed by atoms with E-state index in [1.807, 2.05) is 37.4 Å². The molecule has 112 valence electrons. The number of hydrogen-bond donors (Lipinski definition) is 1. The summed E-state index contributed by atoms with van der Waals surface area (Å²) < 4.78 is 5.58. The number of amides is 1. The summed E-state index contributed by atoms with van der Waals surface area (Å²) in [5, 5.41) is 0. The third-order valence-electron chi connectivity index (χ3n) is 3.21. The van der Waals surface area contributed by atoms with Crippen LogP contribution < -0.4 is 10.5 Å². The highest BCUT2D eigenvalue weighted by molar-refractivity contribution is 5.75. The van der Waals surface area contributed by atoms with Gasteiger partial charge >= 0.3 is 0 Å². The average molecular weight is 278 g/mol. The lowest BCUT2D eigenvalue weighted by Crippen LogP contribution is -2.30. The molecule has 4 nitrogen and oxygen atoms in total. The first-order valence-corrected chi connectivity index (χ1v) is 7.36. The molecule has 0 unspecified atom stereocenters. The van der Waals surface area contributed by atoms with Crippen LogP contribution in [0.3, 0.4) is 0 Å². The molecular weight excluding hydrogens is 252 g/mol. The number of ether oxygens (including phenoxy) is 1. The Morgan fingerprint density at radius 1 is 1.15 bits per heavy atom. The lowest BCUT2D eigenvalue weighted by molar-refractivity contribution is -0.130. The van der Waals surface area contributed by atoms with E-state index in [2.05, 4.69) is 0 Å². The van der Waals surface area contributed by atoms with Crippen LogP contribution in [0.1, 0.15) is 32.1 Å². The van der Waals surface area contributed by atoms with E-state index in [0.29, 0.717) is 19.6 Å². The summed E-state index contributed by atoms with van der Waals surface area (Å²) >= 11 is 0. The minimum atomic E-state index is 0.189. The third-order valence-corrected chi connectivity index (χ3v) is 3.21. The van der Waals surface area contributed by atoms with Crippen molar-refractivity contribution in [1.29, 1.82) is 0 Å². The minimum Gasteiger partial charge on any atom is -0.492 e. The molecule has 0 saturated carbocycles. The smallest absolute Gasteiger partial charge is 0.222 e. The van der Waals surface area contributed by atoms with Gasteiger partial charge < -0.3 is 15.4 Å². The second-order valence-corrected chi connectivity index (χ2v) is 4.93. The Kier molecular flexibility index (Phi) is 8.47. The number of likely N-dealkylation sites (N-methyl/N-ethyl adjacent to an activating group) is 1. The molecule has 0 atom stereocenters. The summed E-state index contributed by atoms with van der Waals surface area (Å²) in [6, 6.07) is 9.66. The number of nitrogens with two attached hydrogens (primary N) is 1. The fourth-order valence-corrected chi connectivity index (χ4v) is 1.91. The Balaban J connectivity index is 2.09. The van der Waals surface area contributed by atoms with Gasteiger partial charge in [0.15, 0.2) is 0 Å². The van der Waals surface area contributed by atoms with Gasteiger partial charge in [-0.05, 0) is 31.5 Å². The molecule has 0 heterocycles. The van der Waals surface area contributed by atoms with Gasteiger partial charge in [0.2, 0.25) is 5.91 Å². The quantitative estimate of drug-likeness (QED) is 0.669. The zero-order chi connectivity index (χ0) is 14.6. The van der Waals surface area contributed by atoms with E-state index >= 15 is 0 Å². The van der Waals surface area contributed by atoms with Crippen molar-refractivity contribution >= 4 is 5.91 Å². The predicted molar refractivity (Wildman–Crippen MR) is 81.7 cm³/mol. The predicted octanol–water partition coefficient (Wildman–Crippen LogP) is 2.43. The van der Waals surface area contributed by atoms with Crippen molar-refractivity contribution in [3.63, 3.8) is 0 Å². The maximum atomic E-state index is 11.9. The molecule has 20 heavy (non-hydrogen) atoms. The van der Waals surface area contributed by atoms with E-state index < -0.39 is 0 Å². The molecule has 0 fully saturated rings. The van der Waals surface area contributed by atoms with E-state index in [-0.39, 0.29) is 5.91 Å². The number of para-hydroxylation sites is 1. The Bertz CT molecular complexity index is 368. The minimum absolute atomic E-state index is 0.189. The summed E-state index contributed by atoms with van der Waals surface area (Å²) in [4.78, 5) is 13.6. The summed E-state index contributed by atoms with van der Waals surface area (Å²) in [7, 11) is 1.83. The molecule has 0 aromatic heterocycles. The summed E-state index contributed by atoms with van der Waals surface area (Å²) in [5.41, 5.74) is 5.43. The van der Waals surface area contributed by atoms with Crippen LogP contribution in [0, 0.1) is 0 Å². The zero-order valence-electron chi connectivity index (χ0n) is 12.4. The molecule has 1 aromatic carbocycles. The molecular formula is C16H26N2O2. The first-order chi connectivity index (χ1) is 9.74. The summed E-state index contributed by atoms with van der Waals surface area (Å²) in [6.45, 7) is 1.89. The van der Waals surface area contributed by atoms with E-state index in [9.17, 15) is 4.79 Å². The normalized spacial score (nSPS) is 10.3. The Labute approximate surface area is 121 Å². The summed E-state index contributed by atoms with van der Waals surface area (Å²) in [6.07, 6.45) is 4.81. The molecule has 1 rings (SSSR count). The van der Waals surface area contributed by atoms with E-state index in [1.54, 1.807) is 4.90 Å². The SMILES string of the molecule is CN(CCOc1ccccc1)C(=O)CCCCCCN. The first kappa shape index (κ1) is 16.5. The number of carbonyl (C=O) groups is 1. The van der Waals surface area contributed by atoms with Gasteiger partial charge in [-0.25, -0.2) is 0 Å². The molecule has 0 spiro atoms. The highest BCUT2D eigenvalue weighted by atomic mass is 16.5. The second kappa shape index (κ2) is 10.3. The topological polar surface area (TPSA) is 55.6 Å². The lowest BCUT2D eigenvalue weighted by Gasteiger charge is -2.17. The number of carbonyl (C=O) groups excluding carboxylic acids is 1. The van der Waals surface area contributed by atoms with Crippen molar-refractivity contribution in [3.05, 3.63) is 30.3 Å². The molecule has 0 aliphatic heterocycles. The fraction of sp³-hybridized carbons (Fsp3) is 0.562. The maximum absolute atomic E-state index is 11.9. The molecule has 0 aliphatic carbocycles. The highest BCUT2D eigenvalue weighted by Crippen LogP contribution is 2.08. The van der Waals surface area contributed by atoms with Crippen LogP contribution in [-0.4, -0.2) is 37.6 Å². The van der Waals surface area contributed by atoms with Gasteiger partial charge in [0, 0.05) is 13.5 Å². The van der Waals surface area contributed by atoms with Gasteiger partial charge in [0.1, 0.15) is 12.4 Å². The lowest BCUT2D eigenvalue weighted by atomic mass is 10.1. The molecule has 4 heteroatoms.